The van der Waals surface area contributed by atoms with Gasteiger partial charge in [0.25, 0.3) is 0 Å². The van der Waals surface area contributed by atoms with Gasteiger partial charge in [0.05, 0.1) is 0 Å². The monoisotopic (exact) mass is 290 g/mol. The predicted octanol–water partition coefficient (Wildman–Crippen LogP) is 4.21. The van der Waals surface area contributed by atoms with Crippen molar-refractivity contribution in [1.29, 1.82) is 0 Å². The fourth-order valence-corrected chi connectivity index (χ4v) is 3.09. The minimum absolute atomic E-state index is 0.320. The zero-order valence-corrected chi connectivity index (χ0v) is 11.1. The van der Waals surface area contributed by atoms with E-state index in [1.807, 2.05) is 0 Å². The van der Waals surface area contributed by atoms with E-state index < -0.39 is 0 Å². The fourth-order valence-electron chi connectivity index (χ4n) is 1.96. The first-order valence-electron chi connectivity index (χ1n) is 5.03. The van der Waals surface area contributed by atoms with Gasteiger partial charge in [-0.25, -0.2) is 0 Å². The highest BCUT2D eigenvalue weighted by molar-refractivity contribution is 14.1. The van der Waals surface area contributed by atoms with Crippen molar-refractivity contribution in [2.75, 3.05) is 0 Å². The SMILES string of the molecule is CC(C)C1C=CC=CC1(I)C(C)C. The van der Waals surface area contributed by atoms with Gasteiger partial charge in [0, 0.05) is 3.42 Å². The molecule has 0 aliphatic heterocycles. The van der Waals surface area contributed by atoms with E-state index >= 15 is 0 Å². The van der Waals surface area contributed by atoms with E-state index in [9.17, 15) is 0 Å². The minimum atomic E-state index is 0.320. The van der Waals surface area contributed by atoms with E-state index in [-0.39, 0.29) is 0 Å². The molecule has 0 aromatic heterocycles. The smallest absolute Gasteiger partial charge is 0.0491 e. The summed E-state index contributed by atoms with van der Waals surface area (Å²) in [5.74, 6) is 2.10. The summed E-state index contributed by atoms with van der Waals surface area (Å²) >= 11 is 2.62. The van der Waals surface area contributed by atoms with Crippen LogP contribution in [0.5, 0.6) is 0 Å². The summed E-state index contributed by atoms with van der Waals surface area (Å²) in [4.78, 5) is 0. The summed E-state index contributed by atoms with van der Waals surface area (Å²) in [6.45, 7) is 9.24. The van der Waals surface area contributed by atoms with Crippen molar-refractivity contribution in [2.24, 2.45) is 17.8 Å². The highest BCUT2D eigenvalue weighted by Gasteiger charge is 2.37. The summed E-state index contributed by atoms with van der Waals surface area (Å²) in [6, 6.07) is 0. The molecule has 0 aromatic rings. The quantitative estimate of drug-likeness (QED) is 0.528. The Morgan fingerprint density at radius 3 is 2.15 bits per heavy atom. The van der Waals surface area contributed by atoms with Crippen molar-refractivity contribution < 1.29 is 0 Å². The van der Waals surface area contributed by atoms with Gasteiger partial charge >= 0.3 is 0 Å². The Labute approximate surface area is 95.6 Å². The van der Waals surface area contributed by atoms with E-state index in [1.54, 1.807) is 0 Å². The second kappa shape index (κ2) is 4.16. The first-order chi connectivity index (χ1) is 5.98. The molecule has 74 valence electrons. The number of hydrogen-bond acceptors (Lipinski definition) is 0. The van der Waals surface area contributed by atoms with Gasteiger partial charge in [0.15, 0.2) is 0 Å². The third kappa shape index (κ3) is 2.17. The van der Waals surface area contributed by atoms with Crippen molar-refractivity contribution >= 4 is 22.6 Å². The molecular weight excluding hydrogens is 271 g/mol. The second-order valence-electron chi connectivity index (χ2n) is 4.50. The van der Waals surface area contributed by atoms with E-state index in [4.69, 9.17) is 0 Å². The lowest BCUT2D eigenvalue weighted by atomic mass is 9.75. The number of hydrogen-bond donors (Lipinski definition) is 0. The highest BCUT2D eigenvalue weighted by Crippen LogP contribution is 2.43. The molecule has 0 N–H and O–H groups in total. The second-order valence-corrected chi connectivity index (χ2v) is 6.36. The Balaban J connectivity index is 2.93. The van der Waals surface area contributed by atoms with Gasteiger partial charge in [-0.1, -0.05) is 74.6 Å². The van der Waals surface area contributed by atoms with Crippen molar-refractivity contribution in [3.05, 3.63) is 24.3 Å². The fraction of sp³-hybridized carbons (Fsp3) is 0.667. The summed E-state index contributed by atoms with van der Waals surface area (Å²) in [6.07, 6.45) is 9.09. The van der Waals surface area contributed by atoms with Crippen molar-refractivity contribution in [2.45, 2.75) is 31.1 Å². The van der Waals surface area contributed by atoms with Gasteiger partial charge in [-0.15, -0.1) is 0 Å². The molecule has 1 aliphatic carbocycles. The highest BCUT2D eigenvalue weighted by atomic mass is 127. The third-order valence-electron chi connectivity index (χ3n) is 2.90. The van der Waals surface area contributed by atoms with Crippen LogP contribution in [0.15, 0.2) is 24.3 Å². The first-order valence-corrected chi connectivity index (χ1v) is 6.11. The zero-order chi connectivity index (χ0) is 10.1. The molecule has 0 bridgehead atoms. The van der Waals surface area contributed by atoms with Crippen LogP contribution in [0.3, 0.4) is 0 Å². The van der Waals surface area contributed by atoms with Gasteiger partial charge in [0.1, 0.15) is 0 Å². The van der Waals surface area contributed by atoms with Crippen LogP contribution >= 0.6 is 22.6 Å². The molecule has 0 heterocycles. The molecular formula is C12H19I. The molecule has 1 heteroatoms. The minimum Gasteiger partial charge on any atom is -0.0795 e. The lowest BCUT2D eigenvalue weighted by Crippen LogP contribution is -2.37. The Bertz CT molecular complexity index is 225. The van der Waals surface area contributed by atoms with E-state index in [2.05, 4.69) is 74.6 Å². The van der Waals surface area contributed by atoms with Crippen LogP contribution in [0.4, 0.5) is 0 Å². The van der Waals surface area contributed by atoms with Crippen molar-refractivity contribution in [3.63, 3.8) is 0 Å². The summed E-state index contributed by atoms with van der Waals surface area (Å²) in [7, 11) is 0. The largest absolute Gasteiger partial charge is 0.0795 e. The van der Waals surface area contributed by atoms with Gasteiger partial charge in [-0.05, 0) is 17.8 Å². The Kier molecular flexibility index (Phi) is 3.61. The lowest BCUT2D eigenvalue weighted by molar-refractivity contribution is 0.343. The molecule has 0 saturated carbocycles. The van der Waals surface area contributed by atoms with Gasteiger partial charge in [-0.2, -0.15) is 0 Å². The normalized spacial score (nSPS) is 33.3. The van der Waals surface area contributed by atoms with Crippen molar-refractivity contribution in [1.82, 2.24) is 0 Å². The van der Waals surface area contributed by atoms with Crippen molar-refractivity contribution in [3.8, 4) is 0 Å². The standard InChI is InChI=1S/C12H19I/c1-9(2)11-7-5-6-8-12(11,13)10(3)4/h5-11H,1-4H3. The zero-order valence-electron chi connectivity index (χ0n) is 8.92. The lowest BCUT2D eigenvalue weighted by Gasteiger charge is -2.39. The van der Waals surface area contributed by atoms with Gasteiger partial charge in [-0.3, -0.25) is 0 Å². The predicted molar refractivity (Wildman–Crippen MR) is 68.2 cm³/mol. The van der Waals surface area contributed by atoms with E-state index in [1.165, 1.54) is 0 Å². The molecule has 0 nitrogen and oxygen atoms in total. The summed E-state index contributed by atoms with van der Waals surface area (Å²) < 4.78 is 0.320. The van der Waals surface area contributed by atoms with Gasteiger partial charge < -0.3 is 0 Å². The molecule has 1 rings (SSSR count). The van der Waals surface area contributed by atoms with Crippen LogP contribution in [0.1, 0.15) is 27.7 Å². The van der Waals surface area contributed by atoms with Crippen LogP contribution in [0.25, 0.3) is 0 Å². The number of alkyl halides is 1. The average Bonchev–Trinajstić information content (AvgIpc) is 2.04. The summed E-state index contributed by atoms with van der Waals surface area (Å²) in [5, 5.41) is 0. The molecule has 0 radical (unpaired) electrons. The maximum Gasteiger partial charge on any atom is 0.0491 e. The van der Waals surface area contributed by atoms with Crippen LogP contribution < -0.4 is 0 Å². The first kappa shape index (κ1) is 11.3. The third-order valence-corrected chi connectivity index (χ3v) is 5.22. The molecule has 0 amide bonds. The van der Waals surface area contributed by atoms with Crippen LogP contribution in [0.2, 0.25) is 0 Å². The molecule has 13 heavy (non-hydrogen) atoms. The van der Waals surface area contributed by atoms with E-state index in [0.717, 1.165) is 5.92 Å². The molecule has 2 atom stereocenters. The maximum atomic E-state index is 2.62. The maximum absolute atomic E-state index is 2.62. The van der Waals surface area contributed by atoms with Gasteiger partial charge in [0.2, 0.25) is 0 Å². The number of halogens is 1. The van der Waals surface area contributed by atoms with Crippen LogP contribution in [-0.2, 0) is 0 Å². The molecule has 0 saturated heterocycles. The topological polar surface area (TPSA) is 0 Å². The molecule has 0 aromatic carbocycles. The Morgan fingerprint density at radius 1 is 1.15 bits per heavy atom. The average molecular weight is 290 g/mol. The Morgan fingerprint density at radius 2 is 1.77 bits per heavy atom. The summed E-state index contributed by atoms with van der Waals surface area (Å²) in [5.41, 5.74) is 0. The number of allylic oxidation sites excluding steroid dienone is 4. The molecule has 0 spiro atoms. The molecule has 1 aliphatic rings. The molecule has 2 unspecified atom stereocenters. The van der Waals surface area contributed by atoms with Crippen LogP contribution in [0, 0.1) is 17.8 Å². The van der Waals surface area contributed by atoms with Crippen LogP contribution in [-0.4, -0.2) is 3.42 Å². The number of rotatable bonds is 2. The molecule has 0 fully saturated rings. The van der Waals surface area contributed by atoms with E-state index in [0.29, 0.717) is 15.3 Å². The Hall–Kier alpha value is 0.210.